The maximum atomic E-state index is 5.70. The average Bonchev–Trinajstić information content (AvgIpc) is 2.24. The zero-order chi connectivity index (χ0) is 11.5. The van der Waals surface area contributed by atoms with Crippen molar-refractivity contribution in [2.24, 2.45) is 0 Å². The number of benzene rings is 1. The van der Waals surface area contributed by atoms with Gasteiger partial charge in [-0.1, -0.05) is 15.9 Å². The Hall–Kier alpha value is -1.13. The third-order valence-corrected chi connectivity index (χ3v) is 3.13. The van der Waals surface area contributed by atoms with Gasteiger partial charge in [-0.05, 0) is 48.4 Å². The molecule has 0 aliphatic carbocycles. The molecule has 0 fully saturated rings. The summed E-state index contributed by atoms with van der Waals surface area (Å²) in [5.41, 5.74) is 2.13. The van der Waals surface area contributed by atoms with Gasteiger partial charge < -0.3 is 5.32 Å². The van der Waals surface area contributed by atoms with Crippen LogP contribution in [0.5, 0.6) is 0 Å². The maximum Gasteiger partial charge on any atom is 0.224 e. The molecule has 0 aliphatic heterocycles. The first kappa shape index (κ1) is 11.4. The second kappa shape index (κ2) is 4.80. The van der Waals surface area contributed by atoms with E-state index in [1.807, 2.05) is 25.1 Å². The van der Waals surface area contributed by atoms with Crippen LogP contribution < -0.4 is 5.32 Å². The topological polar surface area (TPSA) is 37.8 Å². The van der Waals surface area contributed by atoms with Crippen LogP contribution in [-0.4, -0.2) is 9.97 Å². The van der Waals surface area contributed by atoms with Crippen LogP contribution in [0.25, 0.3) is 0 Å². The average molecular weight is 299 g/mol. The van der Waals surface area contributed by atoms with Crippen molar-refractivity contribution >= 4 is 39.0 Å². The van der Waals surface area contributed by atoms with E-state index in [0.717, 1.165) is 15.7 Å². The van der Waals surface area contributed by atoms with Gasteiger partial charge in [0.15, 0.2) is 0 Å². The summed E-state index contributed by atoms with van der Waals surface area (Å²) in [7, 11) is 0. The molecule has 82 valence electrons. The van der Waals surface area contributed by atoms with Gasteiger partial charge in [-0.15, -0.1) is 0 Å². The fraction of sp³-hybridized carbons (Fsp3) is 0.0909. The minimum absolute atomic E-state index is 0.235. The van der Waals surface area contributed by atoms with Crippen molar-refractivity contribution in [3.05, 3.63) is 45.8 Å². The summed E-state index contributed by atoms with van der Waals surface area (Å²) < 4.78 is 1.08. The lowest BCUT2D eigenvalue weighted by Gasteiger charge is -2.07. The molecular weight excluding hydrogens is 289 g/mol. The molecule has 0 amide bonds. The van der Waals surface area contributed by atoms with E-state index in [0.29, 0.717) is 5.82 Å². The SMILES string of the molecule is Cc1cc(Nc2ccnc(Cl)n2)ccc1Br. The first-order valence-electron chi connectivity index (χ1n) is 4.67. The Labute approximate surface area is 107 Å². The third kappa shape index (κ3) is 2.71. The van der Waals surface area contributed by atoms with Gasteiger partial charge >= 0.3 is 0 Å². The number of hydrogen-bond donors (Lipinski definition) is 1. The Morgan fingerprint density at radius 2 is 2.12 bits per heavy atom. The number of aryl methyl sites for hydroxylation is 1. The van der Waals surface area contributed by atoms with Crippen LogP contribution in [0.2, 0.25) is 5.28 Å². The molecule has 1 aromatic heterocycles. The predicted molar refractivity (Wildman–Crippen MR) is 69.2 cm³/mol. The van der Waals surface area contributed by atoms with Crippen LogP contribution in [0.15, 0.2) is 34.9 Å². The molecule has 0 radical (unpaired) electrons. The standard InChI is InChI=1S/C11H9BrClN3/c1-7-6-8(2-3-9(7)12)15-10-4-5-14-11(13)16-10/h2-6H,1H3,(H,14,15,16). The zero-order valence-electron chi connectivity index (χ0n) is 8.54. The second-order valence-electron chi connectivity index (χ2n) is 3.30. The van der Waals surface area contributed by atoms with Gasteiger partial charge in [0.25, 0.3) is 0 Å². The van der Waals surface area contributed by atoms with Crippen molar-refractivity contribution in [2.75, 3.05) is 5.32 Å². The number of halogens is 2. The molecule has 0 saturated heterocycles. The molecular formula is C11H9BrClN3. The van der Waals surface area contributed by atoms with E-state index in [2.05, 4.69) is 31.2 Å². The highest BCUT2D eigenvalue weighted by Crippen LogP contribution is 2.22. The van der Waals surface area contributed by atoms with Gasteiger partial charge in [-0.25, -0.2) is 9.97 Å². The molecule has 0 unspecified atom stereocenters. The summed E-state index contributed by atoms with van der Waals surface area (Å²) in [6.45, 7) is 2.03. The van der Waals surface area contributed by atoms with Gasteiger partial charge in [-0.2, -0.15) is 0 Å². The largest absolute Gasteiger partial charge is 0.340 e. The van der Waals surface area contributed by atoms with Crippen LogP contribution in [0, 0.1) is 6.92 Å². The Morgan fingerprint density at radius 1 is 1.31 bits per heavy atom. The minimum atomic E-state index is 0.235. The van der Waals surface area contributed by atoms with E-state index in [1.165, 1.54) is 0 Å². The lowest BCUT2D eigenvalue weighted by atomic mass is 10.2. The highest BCUT2D eigenvalue weighted by atomic mass is 79.9. The molecule has 2 rings (SSSR count). The Bertz CT molecular complexity index is 516. The first-order valence-corrected chi connectivity index (χ1v) is 5.84. The van der Waals surface area contributed by atoms with Crippen molar-refractivity contribution in [3.63, 3.8) is 0 Å². The summed E-state index contributed by atoms with van der Waals surface area (Å²) in [4.78, 5) is 7.87. The Balaban J connectivity index is 2.24. The smallest absolute Gasteiger partial charge is 0.224 e. The Kier molecular flexibility index (Phi) is 3.41. The van der Waals surface area contributed by atoms with Crippen LogP contribution in [0.4, 0.5) is 11.5 Å². The van der Waals surface area contributed by atoms with Crippen molar-refractivity contribution in [3.8, 4) is 0 Å². The molecule has 0 saturated carbocycles. The van der Waals surface area contributed by atoms with Crippen LogP contribution in [0.3, 0.4) is 0 Å². The molecule has 3 nitrogen and oxygen atoms in total. The van der Waals surface area contributed by atoms with Crippen molar-refractivity contribution < 1.29 is 0 Å². The van der Waals surface area contributed by atoms with Gasteiger partial charge in [0.2, 0.25) is 5.28 Å². The molecule has 0 aliphatic rings. The maximum absolute atomic E-state index is 5.70. The van der Waals surface area contributed by atoms with Gasteiger partial charge in [0.05, 0.1) is 0 Å². The Morgan fingerprint density at radius 3 is 2.81 bits per heavy atom. The van der Waals surface area contributed by atoms with Crippen LogP contribution in [-0.2, 0) is 0 Å². The number of rotatable bonds is 2. The summed E-state index contributed by atoms with van der Waals surface area (Å²) >= 11 is 9.15. The molecule has 0 spiro atoms. The lowest BCUT2D eigenvalue weighted by Crippen LogP contribution is -1.94. The molecule has 16 heavy (non-hydrogen) atoms. The van der Waals surface area contributed by atoms with Crippen molar-refractivity contribution in [1.82, 2.24) is 9.97 Å². The molecule has 1 heterocycles. The molecule has 1 aromatic carbocycles. The van der Waals surface area contributed by atoms with E-state index in [4.69, 9.17) is 11.6 Å². The van der Waals surface area contributed by atoms with Gasteiger partial charge in [0, 0.05) is 16.4 Å². The molecule has 5 heteroatoms. The van der Waals surface area contributed by atoms with E-state index in [9.17, 15) is 0 Å². The number of nitrogens with zero attached hydrogens (tertiary/aromatic N) is 2. The monoisotopic (exact) mass is 297 g/mol. The molecule has 1 N–H and O–H groups in total. The quantitative estimate of drug-likeness (QED) is 0.853. The summed E-state index contributed by atoms with van der Waals surface area (Å²) in [6.07, 6.45) is 1.61. The fourth-order valence-corrected chi connectivity index (χ4v) is 1.67. The van der Waals surface area contributed by atoms with Crippen LogP contribution in [0.1, 0.15) is 5.56 Å². The van der Waals surface area contributed by atoms with E-state index < -0.39 is 0 Å². The molecule has 2 aromatic rings. The number of nitrogens with one attached hydrogen (secondary N) is 1. The number of aromatic nitrogens is 2. The van der Waals surface area contributed by atoms with E-state index in [1.54, 1.807) is 12.3 Å². The minimum Gasteiger partial charge on any atom is -0.340 e. The van der Waals surface area contributed by atoms with Crippen molar-refractivity contribution in [1.29, 1.82) is 0 Å². The fourth-order valence-electron chi connectivity index (χ4n) is 1.27. The highest BCUT2D eigenvalue weighted by Gasteiger charge is 2.00. The normalized spacial score (nSPS) is 10.2. The summed E-state index contributed by atoms with van der Waals surface area (Å²) in [5, 5.41) is 3.39. The highest BCUT2D eigenvalue weighted by molar-refractivity contribution is 9.10. The van der Waals surface area contributed by atoms with E-state index in [-0.39, 0.29) is 5.28 Å². The first-order chi connectivity index (χ1) is 7.65. The predicted octanol–water partition coefficient (Wildman–Crippen LogP) is 3.94. The lowest BCUT2D eigenvalue weighted by molar-refractivity contribution is 1.17. The number of hydrogen-bond acceptors (Lipinski definition) is 3. The zero-order valence-corrected chi connectivity index (χ0v) is 10.9. The van der Waals surface area contributed by atoms with Crippen molar-refractivity contribution in [2.45, 2.75) is 6.92 Å². The van der Waals surface area contributed by atoms with E-state index >= 15 is 0 Å². The van der Waals surface area contributed by atoms with Gasteiger partial charge in [0.1, 0.15) is 5.82 Å². The molecule has 0 bridgehead atoms. The van der Waals surface area contributed by atoms with Crippen LogP contribution >= 0.6 is 27.5 Å². The summed E-state index contributed by atoms with van der Waals surface area (Å²) in [5.74, 6) is 0.682. The number of anilines is 2. The van der Waals surface area contributed by atoms with Gasteiger partial charge in [-0.3, -0.25) is 0 Å². The molecule has 0 atom stereocenters. The summed E-state index contributed by atoms with van der Waals surface area (Å²) in [6, 6.07) is 7.75. The third-order valence-electron chi connectivity index (χ3n) is 2.06. The second-order valence-corrected chi connectivity index (χ2v) is 4.49.